The van der Waals surface area contributed by atoms with Crippen LogP contribution in [0.1, 0.15) is 41.8 Å². The van der Waals surface area contributed by atoms with E-state index in [-0.39, 0.29) is 17.8 Å². The second kappa shape index (κ2) is 4.84. The van der Waals surface area contributed by atoms with Crippen LogP contribution in [-0.4, -0.2) is 16.7 Å². The highest BCUT2D eigenvalue weighted by Crippen LogP contribution is 2.30. The molecule has 0 amide bonds. The Morgan fingerprint density at radius 1 is 1.16 bits per heavy atom. The molecule has 0 saturated carbocycles. The van der Waals surface area contributed by atoms with Gasteiger partial charge in [0.15, 0.2) is 0 Å². The minimum atomic E-state index is -0.604. The zero-order valence-corrected chi connectivity index (χ0v) is 11.3. The Balaban J connectivity index is 2.58. The summed E-state index contributed by atoms with van der Waals surface area (Å²) in [5.74, 6) is -1.21. The predicted octanol–water partition coefficient (Wildman–Crippen LogP) is 3.39. The van der Waals surface area contributed by atoms with Crippen molar-refractivity contribution in [1.29, 1.82) is 0 Å². The Morgan fingerprint density at radius 3 is 2.47 bits per heavy atom. The fourth-order valence-electron chi connectivity index (χ4n) is 2.08. The average Bonchev–Trinajstić information content (AvgIpc) is 2.35. The fourth-order valence-corrected chi connectivity index (χ4v) is 2.08. The Labute approximate surface area is 112 Å². The van der Waals surface area contributed by atoms with Crippen LogP contribution in [-0.2, 0) is 4.79 Å². The normalized spacial score (nSPS) is 14.5. The van der Waals surface area contributed by atoms with Crippen molar-refractivity contribution < 1.29 is 14.7 Å². The third-order valence-electron chi connectivity index (χ3n) is 3.16. The number of rotatable bonds is 2. The molecular weight excluding hydrogens is 240 g/mol. The molecule has 0 aromatic heterocycles. The number of Topliss-reactive ketones (excluding diaryl/α,β-unsaturated/α-hetero) is 2. The van der Waals surface area contributed by atoms with Gasteiger partial charge in [-0.25, -0.2) is 0 Å². The van der Waals surface area contributed by atoms with Crippen molar-refractivity contribution in [2.45, 2.75) is 27.2 Å². The van der Waals surface area contributed by atoms with Crippen molar-refractivity contribution in [2.75, 3.05) is 0 Å². The lowest BCUT2D eigenvalue weighted by Gasteiger charge is -2.17. The molecule has 0 aliphatic heterocycles. The molecule has 0 saturated heterocycles. The van der Waals surface area contributed by atoms with Gasteiger partial charge >= 0.3 is 0 Å². The first-order valence-electron chi connectivity index (χ1n) is 6.17. The van der Waals surface area contributed by atoms with Crippen LogP contribution in [0.2, 0.25) is 0 Å². The number of benzene rings is 1. The first-order chi connectivity index (χ1) is 8.91. The molecule has 0 unspecified atom stereocenters. The summed E-state index contributed by atoms with van der Waals surface area (Å²) >= 11 is 0. The summed E-state index contributed by atoms with van der Waals surface area (Å²) in [4.78, 5) is 24.1. The van der Waals surface area contributed by atoms with Gasteiger partial charge in [-0.15, -0.1) is 0 Å². The van der Waals surface area contributed by atoms with E-state index < -0.39 is 11.6 Å². The maximum atomic E-state index is 12.1. The first-order valence-corrected chi connectivity index (χ1v) is 6.17. The van der Waals surface area contributed by atoms with E-state index in [4.69, 9.17) is 0 Å². The third kappa shape index (κ3) is 2.36. The van der Waals surface area contributed by atoms with Gasteiger partial charge in [0.05, 0.1) is 0 Å². The number of hydrogen-bond donors (Lipinski definition) is 1. The monoisotopic (exact) mass is 256 g/mol. The number of aliphatic hydroxyl groups is 1. The summed E-state index contributed by atoms with van der Waals surface area (Å²) in [6.45, 7) is 5.66. The van der Waals surface area contributed by atoms with Crippen LogP contribution >= 0.6 is 0 Å². The molecule has 0 spiro atoms. The number of allylic oxidation sites excluding steroid dienone is 3. The van der Waals surface area contributed by atoms with Crippen molar-refractivity contribution in [2.24, 2.45) is 0 Å². The summed E-state index contributed by atoms with van der Waals surface area (Å²) in [5.41, 5.74) is 2.86. The highest BCUT2D eigenvalue weighted by atomic mass is 16.3. The Kier molecular flexibility index (Phi) is 3.38. The molecule has 1 aromatic rings. The lowest BCUT2D eigenvalue weighted by molar-refractivity contribution is -0.112. The van der Waals surface area contributed by atoms with E-state index >= 15 is 0 Å². The lowest BCUT2D eigenvalue weighted by atomic mass is 9.86. The number of fused-ring (bicyclic) bond motifs is 1. The van der Waals surface area contributed by atoms with Crippen LogP contribution in [0.5, 0.6) is 0 Å². The summed E-state index contributed by atoms with van der Waals surface area (Å²) in [7, 11) is 0. The predicted molar refractivity (Wildman–Crippen MR) is 74.1 cm³/mol. The Bertz CT molecular complexity index is 629. The topological polar surface area (TPSA) is 54.4 Å². The number of carbonyl (C=O) groups excluding carboxylic acids is 2. The average molecular weight is 256 g/mol. The van der Waals surface area contributed by atoms with Gasteiger partial charge in [-0.05, 0) is 33.3 Å². The van der Waals surface area contributed by atoms with Crippen LogP contribution < -0.4 is 0 Å². The van der Waals surface area contributed by atoms with Gasteiger partial charge in [-0.1, -0.05) is 29.3 Å². The van der Waals surface area contributed by atoms with Crippen LogP contribution in [0.25, 0.3) is 5.76 Å². The molecule has 0 atom stereocenters. The van der Waals surface area contributed by atoms with E-state index in [0.717, 1.165) is 11.1 Å². The SMILES string of the molecule is CC(C)=CCC1=C(O)c2ccc(C)cc2C(=O)C1=O. The number of carbonyl (C=O) groups is 2. The lowest BCUT2D eigenvalue weighted by Crippen LogP contribution is -2.24. The minimum absolute atomic E-state index is 0.0721. The summed E-state index contributed by atoms with van der Waals surface area (Å²) in [6, 6.07) is 5.15. The highest BCUT2D eigenvalue weighted by Gasteiger charge is 2.31. The van der Waals surface area contributed by atoms with Crippen molar-refractivity contribution in [1.82, 2.24) is 0 Å². The number of aryl methyl sites for hydroxylation is 1. The van der Waals surface area contributed by atoms with Crippen molar-refractivity contribution in [3.63, 3.8) is 0 Å². The van der Waals surface area contributed by atoms with Gasteiger partial charge in [0.2, 0.25) is 11.6 Å². The molecular formula is C16H16O3. The number of ketones is 2. The zero-order valence-electron chi connectivity index (χ0n) is 11.3. The molecule has 0 fully saturated rings. The second-order valence-electron chi connectivity index (χ2n) is 5.02. The fraction of sp³-hybridized carbons (Fsp3) is 0.250. The second-order valence-corrected chi connectivity index (χ2v) is 5.02. The molecule has 1 aliphatic carbocycles. The molecule has 1 N–H and O–H groups in total. The quantitative estimate of drug-likeness (QED) is 0.652. The maximum absolute atomic E-state index is 12.1. The molecule has 0 radical (unpaired) electrons. The highest BCUT2D eigenvalue weighted by molar-refractivity contribution is 6.52. The Morgan fingerprint density at radius 2 is 1.84 bits per heavy atom. The number of hydrogen-bond acceptors (Lipinski definition) is 3. The van der Waals surface area contributed by atoms with E-state index in [0.29, 0.717) is 11.1 Å². The number of aliphatic hydroxyl groups excluding tert-OH is 1. The zero-order chi connectivity index (χ0) is 14.2. The van der Waals surface area contributed by atoms with Gasteiger partial charge in [-0.3, -0.25) is 9.59 Å². The van der Waals surface area contributed by atoms with Gasteiger partial charge in [0, 0.05) is 16.7 Å². The molecule has 3 heteroatoms. The van der Waals surface area contributed by atoms with Crippen LogP contribution in [0, 0.1) is 6.92 Å². The maximum Gasteiger partial charge on any atom is 0.234 e. The van der Waals surface area contributed by atoms with E-state index in [9.17, 15) is 14.7 Å². The van der Waals surface area contributed by atoms with E-state index in [1.807, 2.05) is 32.9 Å². The summed E-state index contributed by atoms with van der Waals surface area (Å²) < 4.78 is 0. The van der Waals surface area contributed by atoms with Crippen molar-refractivity contribution >= 4 is 17.3 Å². The van der Waals surface area contributed by atoms with Gasteiger partial charge in [-0.2, -0.15) is 0 Å². The van der Waals surface area contributed by atoms with Crippen molar-refractivity contribution in [3.8, 4) is 0 Å². The van der Waals surface area contributed by atoms with Crippen LogP contribution in [0.3, 0.4) is 0 Å². The molecule has 3 nitrogen and oxygen atoms in total. The summed E-state index contributed by atoms with van der Waals surface area (Å²) in [5, 5.41) is 10.2. The van der Waals surface area contributed by atoms with E-state index in [1.54, 1.807) is 12.1 Å². The van der Waals surface area contributed by atoms with E-state index in [2.05, 4.69) is 0 Å². The molecule has 19 heavy (non-hydrogen) atoms. The molecule has 0 heterocycles. The van der Waals surface area contributed by atoms with Crippen molar-refractivity contribution in [3.05, 3.63) is 52.1 Å². The summed E-state index contributed by atoms with van der Waals surface area (Å²) in [6.07, 6.45) is 2.11. The minimum Gasteiger partial charge on any atom is -0.507 e. The largest absolute Gasteiger partial charge is 0.507 e. The smallest absolute Gasteiger partial charge is 0.234 e. The molecule has 1 aromatic carbocycles. The first kappa shape index (κ1) is 13.3. The van der Waals surface area contributed by atoms with Crippen LogP contribution in [0.15, 0.2) is 35.4 Å². The van der Waals surface area contributed by atoms with Gasteiger partial charge in [0.25, 0.3) is 0 Å². The molecule has 0 bridgehead atoms. The van der Waals surface area contributed by atoms with Gasteiger partial charge in [0.1, 0.15) is 5.76 Å². The van der Waals surface area contributed by atoms with Gasteiger partial charge < -0.3 is 5.11 Å². The molecule has 2 rings (SSSR count). The van der Waals surface area contributed by atoms with Crippen LogP contribution in [0.4, 0.5) is 0 Å². The molecule has 1 aliphatic rings. The van der Waals surface area contributed by atoms with E-state index in [1.165, 1.54) is 0 Å². The Hall–Kier alpha value is -2.16. The third-order valence-corrected chi connectivity index (χ3v) is 3.16. The molecule has 98 valence electrons. The standard InChI is InChI=1S/C16H16O3/c1-9(2)4-6-12-14(17)11-7-5-10(3)8-13(11)16(19)15(12)18/h4-5,7-8,17H,6H2,1-3H3.